The van der Waals surface area contributed by atoms with Crippen molar-refractivity contribution in [3.63, 3.8) is 0 Å². The Bertz CT molecular complexity index is 2680. The summed E-state index contributed by atoms with van der Waals surface area (Å²) in [5.74, 6) is 1.18. The van der Waals surface area contributed by atoms with Gasteiger partial charge in [-0.3, -0.25) is 9.11 Å². The lowest BCUT2D eigenvalue weighted by Gasteiger charge is -2.22. The van der Waals surface area contributed by atoms with Crippen molar-refractivity contribution in [1.29, 1.82) is 0 Å². The second-order valence-electron chi connectivity index (χ2n) is 11.2. The second kappa shape index (κ2) is 9.16. The smallest absolute Gasteiger partial charge is 0.296 e. The van der Waals surface area contributed by atoms with Crippen LogP contribution in [-0.4, -0.2) is 25.9 Å². The Morgan fingerprint density at radius 3 is 1.78 bits per heavy atom. The third kappa shape index (κ3) is 3.89. The fraction of sp³-hybridized carbons (Fsp3) is 0.0625. The third-order valence-electron chi connectivity index (χ3n) is 8.61. The fourth-order valence-corrected chi connectivity index (χ4v) is 9.24. The second-order valence-corrected chi connectivity index (χ2v) is 14.7. The Kier molecular flexibility index (Phi) is 5.57. The molecule has 5 aromatic carbocycles. The average molecular weight is 692 g/mol. The van der Waals surface area contributed by atoms with Crippen molar-refractivity contribution in [3.8, 4) is 45.3 Å². The maximum Gasteiger partial charge on any atom is 0.296 e. The number of benzene rings is 5. The highest BCUT2D eigenvalue weighted by atomic mass is 35.5. The highest BCUT2D eigenvalue weighted by Gasteiger charge is 2.35. The van der Waals surface area contributed by atoms with Crippen LogP contribution in [0.3, 0.4) is 0 Å². The molecule has 2 N–H and O–H groups in total. The molecule has 2 aliphatic heterocycles. The maximum absolute atomic E-state index is 12.3. The van der Waals surface area contributed by atoms with Gasteiger partial charge in [0.15, 0.2) is 23.0 Å². The summed E-state index contributed by atoms with van der Waals surface area (Å²) in [6.45, 7) is 0. The molecule has 0 unspecified atom stereocenters. The number of hydrogen-bond acceptors (Lipinski definition) is 8. The molecular formula is C32H16Cl2N2O8S2. The van der Waals surface area contributed by atoms with Gasteiger partial charge in [-0.15, -0.1) is 0 Å². The van der Waals surface area contributed by atoms with Crippen LogP contribution < -0.4 is 20.2 Å². The van der Waals surface area contributed by atoms with E-state index in [2.05, 4.69) is 12.1 Å². The van der Waals surface area contributed by atoms with Crippen LogP contribution in [0.4, 0.5) is 11.4 Å². The molecule has 5 aromatic rings. The molecule has 2 heterocycles. The summed E-state index contributed by atoms with van der Waals surface area (Å²) in [6, 6.07) is 17.7. The topological polar surface area (TPSA) is 152 Å². The summed E-state index contributed by atoms with van der Waals surface area (Å²) in [5, 5.41) is 0.760. The van der Waals surface area contributed by atoms with Gasteiger partial charge in [0, 0.05) is 6.42 Å². The van der Waals surface area contributed by atoms with Crippen molar-refractivity contribution in [3.05, 3.63) is 104 Å². The van der Waals surface area contributed by atoms with Gasteiger partial charge in [-0.2, -0.15) is 16.8 Å². The summed E-state index contributed by atoms with van der Waals surface area (Å²) in [5.41, 5.74) is 6.94. The summed E-state index contributed by atoms with van der Waals surface area (Å²) in [7, 11) is -10.0. The van der Waals surface area contributed by atoms with Crippen LogP contribution in [0.15, 0.2) is 80.4 Å². The number of rotatable bonds is 2. The Balaban J connectivity index is 1.18. The predicted octanol–water partition coefficient (Wildman–Crippen LogP) is 6.74. The Labute approximate surface area is 270 Å². The summed E-state index contributed by atoms with van der Waals surface area (Å²) in [4.78, 5) is 7.74. The SMILES string of the molecule is O=S(=O)(O)c1ccc2c(c1S(=O)(=O)O)Cc1cc3c(cc1-2)Oc1c(Cl)c2c(c(Cl)c1=N3)Oc1cc3c(cc1N=2)Cc1ccccc1-3. The van der Waals surface area contributed by atoms with E-state index in [-0.39, 0.29) is 50.0 Å². The van der Waals surface area contributed by atoms with E-state index in [1.54, 1.807) is 12.1 Å². The lowest BCUT2D eigenvalue weighted by molar-refractivity contribution is 0.451. The first-order valence-corrected chi connectivity index (χ1v) is 17.4. The average Bonchev–Trinajstić information content (AvgIpc) is 3.55. The van der Waals surface area contributed by atoms with Gasteiger partial charge in [0.2, 0.25) is 0 Å². The highest BCUT2D eigenvalue weighted by Crippen LogP contribution is 2.50. The lowest BCUT2D eigenvalue weighted by atomic mass is 10.0. The monoisotopic (exact) mass is 690 g/mol. The van der Waals surface area contributed by atoms with Gasteiger partial charge in [0.05, 0.1) is 0 Å². The first kappa shape index (κ1) is 28.0. The minimum atomic E-state index is -5.04. The van der Waals surface area contributed by atoms with Gasteiger partial charge in [0.1, 0.15) is 41.9 Å². The van der Waals surface area contributed by atoms with Gasteiger partial charge in [-0.1, -0.05) is 53.5 Å². The number of fused-ring (bicyclic) bond motifs is 10. The zero-order valence-corrected chi connectivity index (χ0v) is 26.1. The van der Waals surface area contributed by atoms with E-state index < -0.39 is 30.0 Å². The molecule has 9 rings (SSSR count). The Hall–Kier alpha value is -4.30. The Morgan fingerprint density at radius 1 is 0.630 bits per heavy atom. The summed E-state index contributed by atoms with van der Waals surface area (Å²) in [6.07, 6.45) is 0.707. The Morgan fingerprint density at radius 2 is 1.20 bits per heavy atom. The molecule has 14 heteroatoms. The van der Waals surface area contributed by atoms with Crippen LogP contribution in [0.2, 0.25) is 10.0 Å². The predicted molar refractivity (Wildman–Crippen MR) is 167 cm³/mol. The van der Waals surface area contributed by atoms with Gasteiger partial charge < -0.3 is 9.47 Å². The molecule has 0 saturated carbocycles. The molecule has 0 fully saturated rings. The van der Waals surface area contributed by atoms with Crippen molar-refractivity contribution in [1.82, 2.24) is 0 Å². The maximum atomic E-state index is 12.3. The van der Waals surface area contributed by atoms with E-state index in [1.807, 2.05) is 24.3 Å². The number of hydrogen-bond donors (Lipinski definition) is 2. The van der Waals surface area contributed by atoms with Crippen LogP contribution in [0.1, 0.15) is 22.3 Å². The lowest BCUT2D eigenvalue weighted by Crippen LogP contribution is -2.22. The third-order valence-corrected chi connectivity index (χ3v) is 11.3. The molecule has 46 heavy (non-hydrogen) atoms. The van der Waals surface area contributed by atoms with E-state index in [9.17, 15) is 25.9 Å². The van der Waals surface area contributed by atoms with Crippen LogP contribution in [0.25, 0.3) is 22.3 Å². The first-order chi connectivity index (χ1) is 21.9. The molecule has 0 bridgehead atoms. The summed E-state index contributed by atoms with van der Waals surface area (Å²) >= 11 is 13.8. The largest absolute Gasteiger partial charge is 0.451 e. The molecule has 0 spiro atoms. The zero-order valence-electron chi connectivity index (χ0n) is 23.0. The normalized spacial score (nSPS) is 14.5. The van der Waals surface area contributed by atoms with Crippen LogP contribution >= 0.6 is 23.2 Å². The molecule has 0 saturated heterocycles. The van der Waals surface area contributed by atoms with Crippen LogP contribution in [0.5, 0.6) is 23.0 Å². The number of halogens is 2. The molecule has 0 aromatic heterocycles. The fourth-order valence-electron chi connectivity index (χ4n) is 6.68. The standard InChI is InChI=1S/C32H16Cl2N2O8S2/c33-26-28-30(43-23-11-18-14(9-21(23)35-28)7-13-3-1-2-4-16(13)18)27(34)29-31(26)44-24-12-19-15(10-22(24)36-29)8-20-17(19)5-6-25(45(37,38)39)32(20)46(40,41)42/h1-6,9-12H,7-8H2,(H,37,38,39)(H,40,41,42). The van der Waals surface area contributed by atoms with Gasteiger partial charge >= 0.3 is 0 Å². The van der Waals surface area contributed by atoms with E-state index in [4.69, 9.17) is 42.7 Å². The van der Waals surface area contributed by atoms with Crippen molar-refractivity contribution >= 4 is 54.8 Å². The molecule has 10 nitrogen and oxygen atoms in total. The summed E-state index contributed by atoms with van der Waals surface area (Å²) < 4.78 is 80.6. The van der Waals surface area contributed by atoms with Crippen LogP contribution in [-0.2, 0) is 33.1 Å². The minimum absolute atomic E-state index is 0.0125. The van der Waals surface area contributed by atoms with Gasteiger partial charge in [-0.25, -0.2) is 9.98 Å². The van der Waals surface area contributed by atoms with Crippen molar-refractivity contribution in [2.24, 2.45) is 9.98 Å². The van der Waals surface area contributed by atoms with Crippen molar-refractivity contribution < 1.29 is 35.4 Å². The molecule has 4 aliphatic rings. The molecule has 2 aliphatic carbocycles. The van der Waals surface area contributed by atoms with Crippen LogP contribution in [0, 0.1) is 0 Å². The molecule has 0 amide bonds. The molecule has 228 valence electrons. The van der Waals surface area contributed by atoms with Gasteiger partial charge in [-0.05, 0) is 81.3 Å². The highest BCUT2D eigenvalue weighted by molar-refractivity contribution is 7.89. The number of ether oxygens (including phenoxy) is 2. The molecular weight excluding hydrogens is 675 g/mol. The van der Waals surface area contributed by atoms with Gasteiger partial charge in [0.25, 0.3) is 20.2 Å². The van der Waals surface area contributed by atoms with E-state index in [0.29, 0.717) is 33.8 Å². The first-order valence-electron chi connectivity index (χ1n) is 13.7. The molecule has 0 atom stereocenters. The zero-order chi connectivity index (χ0) is 31.9. The van der Waals surface area contributed by atoms with E-state index >= 15 is 0 Å². The van der Waals surface area contributed by atoms with E-state index in [1.165, 1.54) is 11.6 Å². The minimum Gasteiger partial charge on any atom is -0.451 e. The molecule has 0 radical (unpaired) electrons. The quantitative estimate of drug-likeness (QED) is 0.189. The number of nitrogens with zero attached hydrogens (tertiary/aromatic N) is 2. The van der Waals surface area contributed by atoms with E-state index in [0.717, 1.165) is 29.2 Å². The van der Waals surface area contributed by atoms with Crippen molar-refractivity contribution in [2.45, 2.75) is 22.6 Å². The van der Waals surface area contributed by atoms with Crippen molar-refractivity contribution in [2.75, 3.05) is 0 Å².